The quantitative estimate of drug-likeness (QED) is 0.759. The molecule has 0 amide bonds. The fraction of sp³-hybridized carbons (Fsp3) is 0.263. The molecule has 0 saturated carbocycles. The summed E-state index contributed by atoms with van der Waals surface area (Å²) in [7, 11) is 0. The molecule has 2 heteroatoms. The molecular formula is C19H22N2. The molecule has 1 aromatic heterocycles. The maximum Gasteiger partial charge on any atom is 0.0483 e. The molecule has 2 aromatic carbocycles. The molecule has 0 aliphatic rings. The van der Waals surface area contributed by atoms with Gasteiger partial charge in [0.15, 0.2) is 0 Å². The molecule has 0 radical (unpaired) electrons. The average Bonchev–Trinajstić information content (AvgIpc) is 2.90. The molecule has 0 unspecified atom stereocenters. The molecule has 0 fully saturated rings. The van der Waals surface area contributed by atoms with E-state index in [-0.39, 0.29) is 0 Å². The molecule has 0 atom stereocenters. The number of hydrogen-bond donors (Lipinski definition) is 1. The Kier molecular flexibility index (Phi) is 3.80. The van der Waals surface area contributed by atoms with Gasteiger partial charge in [-0.2, -0.15) is 0 Å². The van der Waals surface area contributed by atoms with Crippen LogP contribution in [0.2, 0.25) is 0 Å². The highest BCUT2D eigenvalue weighted by molar-refractivity contribution is 5.81. The van der Waals surface area contributed by atoms with Gasteiger partial charge in [0.2, 0.25) is 0 Å². The van der Waals surface area contributed by atoms with Crippen molar-refractivity contribution < 1.29 is 0 Å². The van der Waals surface area contributed by atoms with Crippen LogP contribution in [-0.2, 0) is 13.1 Å². The first-order valence-electron chi connectivity index (χ1n) is 7.54. The van der Waals surface area contributed by atoms with Gasteiger partial charge in [0.05, 0.1) is 0 Å². The average molecular weight is 278 g/mol. The number of benzene rings is 2. The molecule has 1 heterocycles. The van der Waals surface area contributed by atoms with E-state index in [1.54, 1.807) is 0 Å². The van der Waals surface area contributed by atoms with Gasteiger partial charge in [-0.05, 0) is 46.2 Å². The number of nitrogens with zero attached hydrogens (tertiary/aromatic N) is 1. The van der Waals surface area contributed by atoms with Crippen LogP contribution in [0.15, 0.2) is 54.7 Å². The second-order valence-electron chi connectivity index (χ2n) is 5.94. The SMILES string of the molecule is CC(C)c1ccc(Cn2ccc3cc(CN)ccc32)cc1. The summed E-state index contributed by atoms with van der Waals surface area (Å²) >= 11 is 0. The predicted octanol–water partition coefficient (Wildman–Crippen LogP) is 4.27. The Balaban J connectivity index is 1.87. The Morgan fingerprint density at radius 3 is 2.33 bits per heavy atom. The van der Waals surface area contributed by atoms with Gasteiger partial charge in [-0.1, -0.05) is 44.2 Å². The Morgan fingerprint density at radius 2 is 1.67 bits per heavy atom. The fourth-order valence-corrected chi connectivity index (χ4v) is 2.72. The van der Waals surface area contributed by atoms with E-state index in [1.165, 1.54) is 27.6 Å². The second kappa shape index (κ2) is 5.74. The summed E-state index contributed by atoms with van der Waals surface area (Å²) in [6.07, 6.45) is 2.15. The van der Waals surface area contributed by atoms with Crippen LogP contribution >= 0.6 is 0 Å². The Labute approximate surface area is 126 Å². The Hall–Kier alpha value is -2.06. The smallest absolute Gasteiger partial charge is 0.0483 e. The van der Waals surface area contributed by atoms with Crippen LogP contribution in [0.5, 0.6) is 0 Å². The molecule has 21 heavy (non-hydrogen) atoms. The van der Waals surface area contributed by atoms with Crippen molar-refractivity contribution in [3.8, 4) is 0 Å². The summed E-state index contributed by atoms with van der Waals surface area (Å²) in [6.45, 7) is 5.95. The van der Waals surface area contributed by atoms with Crippen molar-refractivity contribution in [2.24, 2.45) is 5.73 Å². The third-order valence-electron chi connectivity index (χ3n) is 4.07. The molecule has 0 spiro atoms. The maximum absolute atomic E-state index is 5.70. The first-order chi connectivity index (χ1) is 10.2. The van der Waals surface area contributed by atoms with Gasteiger partial charge in [-0.15, -0.1) is 0 Å². The van der Waals surface area contributed by atoms with Crippen molar-refractivity contribution in [2.75, 3.05) is 0 Å². The first-order valence-corrected chi connectivity index (χ1v) is 7.54. The van der Waals surface area contributed by atoms with Gasteiger partial charge in [0, 0.05) is 24.8 Å². The van der Waals surface area contributed by atoms with Gasteiger partial charge in [-0.25, -0.2) is 0 Å². The number of nitrogens with two attached hydrogens (primary N) is 1. The van der Waals surface area contributed by atoms with Gasteiger partial charge in [-0.3, -0.25) is 0 Å². The van der Waals surface area contributed by atoms with Crippen LogP contribution in [0.1, 0.15) is 36.5 Å². The summed E-state index contributed by atoms with van der Waals surface area (Å²) in [4.78, 5) is 0. The van der Waals surface area contributed by atoms with E-state index in [4.69, 9.17) is 5.73 Å². The van der Waals surface area contributed by atoms with Crippen molar-refractivity contribution in [2.45, 2.75) is 32.9 Å². The topological polar surface area (TPSA) is 30.9 Å². The third-order valence-corrected chi connectivity index (χ3v) is 4.07. The van der Waals surface area contributed by atoms with Crippen LogP contribution in [0, 0.1) is 0 Å². The van der Waals surface area contributed by atoms with E-state index in [2.05, 4.69) is 73.1 Å². The van der Waals surface area contributed by atoms with Gasteiger partial charge >= 0.3 is 0 Å². The lowest BCUT2D eigenvalue weighted by Gasteiger charge is -2.09. The highest BCUT2D eigenvalue weighted by atomic mass is 14.9. The molecule has 0 bridgehead atoms. The maximum atomic E-state index is 5.70. The zero-order chi connectivity index (χ0) is 14.8. The lowest BCUT2D eigenvalue weighted by atomic mass is 10.0. The number of rotatable bonds is 4. The molecular weight excluding hydrogens is 256 g/mol. The van der Waals surface area contributed by atoms with E-state index >= 15 is 0 Å². The van der Waals surface area contributed by atoms with Crippen molar-refractivity contribution in [1.29, 1.82) is 0 Å². The van der Waals surface area contributed by atoms with Crippen LogP contribution in [0.25, 0.3) is 10.9 Å². The molecule has 2 N–H and O–H groups in total. The number of fused-ring (bicyclic) bond motifs is 1. The van der Waals surface area contributed by atoms with Crippen LogP contribution in [0.3, 0.4) is 0 Å². The molecule has 3 rings (SSSR count). The molecule has 2 nitrogen and oxygen atoms in total. The molecule has 0 aliphatic heterocycles. The van der Waals surface area contributed by atoms with E-state index in [1.807, 2.05) is 0 Å². The van der Waals surface area contributed by atoms with Crippen LogP contribution in [-0.4, -0.2) is 4.57 Å². The number of hydrogen-bond acceptors (Lipinski definition) is 1. The number of aromatic nitrogens is 1. The largest absolute Gasteiger partial charge is 0.343 e. The lowest BCUT2D eigenvalue weighted by Crippen LogP contribution is -1.99. The van der Waals surface area contributed by atoms with Crippen molar-refractivity contribution in [3.05, 3.63) is 71.4 Å². The van der Waals surface area contributed by atoms with Crippen LogP contribution in [0.4, 0.5) is 0 Å². The molecule has 3 aromatic rings. The van der Waals surface area contributed by atoms with Crippen LogP contribution < -0.4 is 5.73 Å². The summed E-state index contributed by atoms with van der Waals surface area (Å²) < 4.78 is 2.29. The van der Waals surface area contributed by atoms with Gasteiger partial charge in [0.25, 0.3) is 0 Å². The minimum atomic E-state index is 0.584. The minimum Gasteiger partial charge on any atom is -0.343 e. The van der Waals surface area contributed by atoms with E-state index in [0.29, 0.717) is 12.5 Å². The predicted molar refractivity (Wildman–Crippen MR) is 89.5 cm³/mol. The molecule has 0 saturated heterocycles. The zero-order valence-electron chi connectivity index (χ0n) is 12.7. The summed E-state index contributed by atoms with van der Waals surface area (Å²) in [5.74, 6) is 0.584. The molecule has 0 aliphatic carbocycles. The zero-order valence-corrected chi connectivity index (χ0v) is 12.7. The lowest BCUT2D eigenvalue weighted by molar-refractivity contribution is 0.828. The standard InChI is InChI=1S/C19H22N2/c1-14(2)17-6-3-15(4-7-17)13-21-10-9-18-11-16(12-20)5-8-19(18)21/h3-11,14H,12-13,20H2,1-2H3. The van der Waals surface area contributed by atoms with Gasteiger partial charge < -0.3 is 10.3 Å². The van der Waals surface area contributed by atoms with Crippen molar-refractivity contribution in [1.82, 2.24) is 4.57 Å². The summed E-state index contributed by atoms with van der Waals surface area (Å²) in [6, 6.07) is 17.5. The Morgan fingerprint density at radius 1 is 0.952 bits per heavy atom. The van der Waals surface area contributed by atoms with E-state index in [9.17, 15) is 0 Å². The highest BCUT2D eigenvalue weighted by Gasteiger charge is 2.04. The van der Waals surface area contributed by atoms with E-state index < -0.39 is 0 Å². The van der Waals surface area contributed by atoms with E-state index in [0.717, 1.165) is 6.54 Å². The normalized spacial score (nSPS) is 11.4. The fourth-order valence-electron chi connectivity index (χ4n) is 2.72. The first kappa shape index (κ1) is 13.9. The second-order valence-corrected chi connectivity index (χ2v) is 5.94. The minimum absolute atomic E-state index is 0.584. The van der Waals surface area contributed by atoms with Crippen molar-refractivity contribution in [3.63, 3.8) is 0 Å². The van der Waals surface area contributed by atoms with Gasteiger partial charge in [0.1, 0.15) is 0 Å². The molecule has 108 valence electrons. The van der Waals surface area contributed by atoms with Crippen molar-refractivity contribution >= 4 is 10.9 Å². The summed E-state index contributed by atoms with van der Waals surface area (Å²) in [5.41, 5.74) is 10.9. The summed E-state index contributed by atoms with van der Waals surface area (Å²) in [5, 5.41) is 1.26. The monoisotopic (exact) mass is 278 g/mol. The third kappa shape index (κ3) is 2.86. The Bertz CT molecular complexity index is 736. The highest BCUT2D eigenvalue weighted by Crippen LogP contribution is 2.20.